The molecule has 0 unspecified atom stereocenters. The summed E-state index contributed by atoms with van der Waals surface area (Å²) in [5, 5.41) is 4.09. The molecule has 1 atom stereocenters. The number of hydrogen-bond donors (Lipinski definition) is 1. The van der Waals surface area contributed by atoms with E-state index in [2.05, 4.69) is 5.32 Å². The number of alkyl halides is 1. The van der Waals surface area contributed by atoms with Gasteiger partial charge in [-0.05, 0) is 42.1 Å². The summed E-state index contributed by atoms with van der Waals surface area (Å²) in [5.41, 5.74) is 1.95. The van der Waals surface area contributed by atoms with E-state index in [1.807, 2.05) is 18.2 Å². The van der Waals surface area contributed by atoms with Gasteiger partial charge in [-0.2, -0.15) is 0 Å². The predicted molar refractivity (Wildman–Crippen MR) is 134 cm³/mol. The van der Waals surface area contributed by atoms with E-state index in [0.29, 0.717) is 32.9 Å². The summed E-state index contributed by atoms with van der Waals surface area (Å²) in [6, 6.07) is 18.8. The van der Waals surface area contributed by atoms with Gasteiger partial charge in [0, 0.05) is 29.1 Å². The number of rotatable bonds is 6. The Morgan fingerprint density at radius 2 is 1.70 bits per heavy atom. The van der Waals surface area contributed by atoms with Crippen LogP contribution >= 0.6 is 46.4 Å². The standard InChI is InChI=1S/C25H18Cl4N2O2/c26-18-8-10-22(19(14-18)23(32)17-5-2-1-3-6-17)30-24(33)25(29)11-4-12-31(25)15-16-7-9-20(27)21(28)13-16/h1-10,12-14H,11,15H2,(H,30,33)/t25-/m1/s1. The van der Waals surface area contributed by atoms with Crippen LogP contribution in [0.5, 0.6) is 0 Å². The maximum atomic E-state index is 13.3. The van der Waals surface area contributed by atoms with Crippen LogP contribution in [0.1, 0.15) is 27.9 Å². The molecular formula is C25H18Cl4N2O2. The van der Waals surface area contributed by atoms with Crippen LogP contribution in [-0.4, -0.2) is 21.6 Å². The van der Waals surface area contributed by atoms with E-state index in [4.69, 9.17) is 46.4 Å². The molecule has 1 heterocycles. The Kier molecular flexibility index (Phi) is 7.01. The molecule has 0 aromatic heterocycles. The molecule has 0 saturated carbocycles. The van der Waals surface area contributed by atoms with Crippen molar-refractivity contribution in [1.29, 1.82) is 0 Å². The van der Waals surface area contributed by atoms with Crippen molar-refractivity contribution in [1.82, 2.24) is 4.90 Å². The van der Waals surface area contributed by atoms with Gasteiger partial charge in [0.25, 0.3) is 5.91 Å². The molecule has 4 nitrogen and oxygen atoms in total. The fourth-order valence-electron chi connectivity index (χ4n) is 3.58. The minimum Gasteiger partial charge on any atom is -0.347 e. The maximum Gasteiger partial charge on any atom is 0.266 e. The molecule has 1 N–H and O–H groups in total. The third kappa shape index (κ3) is 5.04. The van der Waals surface area contributed by atoms with E-state index < -0.39 is 10.9 Å². The molecule has 33 heavy (non-hydrogen) atoms. The summed E-state index contributed by atoms with van der Waals surface area (Å²) in [7, 11) is 0. The lowest BCUT2D eigenvalue weighted by Crippen LogP contribution is -2.47. The van der Waals surface area contributed by atoms with Gasteiger partial charge in [-0.15, -0.1) is 0 Å². The number of amides is 1. The quantitative estimate of drug-likeness (QED) is 0.213. The van der Waals surface area contributed by atoms with Gasteiger partial charge in [-0.3, -0.25) is 9.59 Å². The molecule has 1 aliphatic rings. The lowest BCUT2D eigenvalue weighted by molar-refractivity contribution is -0.122. The van der Waals surface area contributed by atoms with Crippen LogP contribution in [0.25, 0.3) is 0 Å². The highest BCUT2D eigenvalue weighted by atomic mass is 35.5. The summed E-state index contributed by atoms with van der Waals surface area (Å²) in [6.45, 7) is 0.348. The molecule has 8 heteroatoms. The zero-order valence-electron chi connectivity index (χ0n) is 17.2. The highest BCUT2D eigenvalue weighted by molar-refractivity contribution is 6.42. The Bertz CT molecular complexity index is 1250. The van der Waals surface area contributed by atoms with Gasteiger partial charge in [-0.25, -0.2) is 0 Å². The Balaban J connectivity index is 1.58. The second kappa shape index (κ2) is 9.78. The van der Waals surface area contributed by atoms with Crippen LogP contribution in [0.4, 0.5) is 5.69 Å². The monoisotopic (exact) mass is 518 g/mol. The zero-order valence-corrected chi connectivity index (χ0v) is 20.2. The van der Waals surface area contributed by atoms with Crippen LogP contribution in [0.2, 0.25) is 15.1 Å². The molecule has 3 aromatic carbocycles. The first-order valence-electron chi connectivity index (χ1n) is 10.0. The fourth-order valence-corrected chi connectivity index (χ4v) is 4.33. The van der Waals surface area contributed by atoms with Crippen LogP contribution in [0, 0.1) is 0 Å². The molecule has 0 spiro atoms. The van der Waals surface area contributed by atoms with Gasteiger partial charge in [0.15, 0.2) is 10.8 Å². The summed E-state index contributed by atoms with van der Waals surface area (Å²) < 4.78 is 0. The topological polar surface area (TPSA) is 49.4 Å². The first-order chi connectivity index (χ1) is 15.8. The number of halogens is 4. The maximum absolute atomic E-state index is 13.3. The molecule has 3 aromatic rings. The first-order valence-corrected chi connectivity index (χ1v) is 11.6. The predicted octanol–water partition coefficient (Wildman–Crippen LogP) is 7.17. The van der Waals surface area contributed by atoms with Crippen LogP contribution < -0.4 is 5.32 Å². The molecule has 0 fully saturated rings. The second-order valence-electron chi connectivity index (χ2n) is 7.56. The number of hydrogen-bond acceptors (Lipinski definition) is 3. The SMILES string of the molecule is O=C(c1ccccc1)c1cc(Cl)ccc1NC(=O)[C@@]1(Cl)CC=CN1Cc1ccc(Cl)c(Cl)c1. The van der Waals surface area contributed by atoms with Crippen molar-refractivity contribution >= 4 is 63.8 Å². The molecule has 4 rings (SSSR count). The van der Waals surface area contributed by atoms with Gasteiger partial charge in [-0.1, -0.05) is 88.9 Å². The number of ketones is 1. The summed E-state index contributed by atoms with van der Waals surface area (Å²) in [5.74, 6) is -0.715. The van der Waals surface area contributed by atoms with E-state index >= 15 is 0 Å². The van der Waals surface area contributed by atoms with Crippen molar-refractivity contribution in [3.8, 4) is 0 Å². The van der Waals surface area contributed by atoms with Crippen LogP contribution in [-0.2, 0) is 11.3 Å². The first kappa shape index (κ1) is 23.7. The molecule has 0 radical (unpaired) electrons. The number of benzene rings is 3. The highest BCUT2D eigenvalue weighted by Crippen LogP contribution is 2.36. The van der Waals surface area contributed by atoms with Gasteiger partial charge < -0.3 is 10.2 Å². The van der Waals surface area contributed by atoms with Crippen molar-refractivity contribution in [2.75, 3.05) is 5.32 Å². The highest BCUT2D eigenvalue weighted by Gasteiger charge is 2.43. The third-order valence-corrected chi connectivity index (χ3v) is 6.84. The lowest BCUT2D eigenvalue weighted by Gasteiger charge is -2.33. The molecule has 168 valence electrons. The number of nitrogens with one attached hydrogen (secondary N) is 1. The zero-order chi connectivity index (χ0) is 23.6. The van der Waals surface area contributed by atoms with E-state index in [-0.39, 0.29) is 17.8 Å². The van der Waals surface area contributed by atoms with Gasteiger partial charge in [0.05, 0.1) is 15.7 Å². The normalized spacial score (nSPS) is 17.3. The van der Waals surface area contributed by atoms with E-state index in [1.54, 1.807) is 59.6 Å². The molecule has 1 aliphatic heterocycles. The number of carbonyl (C=O) groups excluding carboxylic acids is 2. The van der Waals surface area contributed by atoms with Gasteiger partial charge >= 0.3 is 0 Å². The Morgan fingerprint density at radius 3 is 2.42 bits per heavy atom. The Labute approximate surface area is 211 Å². The van der Waals surface area contributed by atoms with Crippen LogP contribution in [0.15, 0.2) is 79.0 Å². The average Bonchev–Trinajstić information content (AvgIpc) is 3.19. The molecule has 0 bridgehead atoms. The Morgan fingerprint density at radius 1 is 0.939 bits per heavy atom. The summed E-state index contributed by atoms with van der Waals surface area (Å²) in [4.78, 5) is 26.8. The van der Waals surface area contributed by atoms with E-state index in [1.165, 1.54) is 6.07 Å². The van der Waals surface area contributed by atoms with Crippen molar-refractivity contribution in [3.05, 3.63) is 111 Å². The minimum atomic E-state index is -1.38. The summed E-state index contributed by atoms with van der Waals surface area (Å²) >= 11 is 25.1. The van der Waals surface area contributed by atoms with Crippen molar-refractivity contribution in [2.45, 2.75) is 18.0 Å². The van der Waals surface area contributed by atoms with Crippen molar-refractivity contribution < 1.29 is 9.59 Å². The molecule has 0 aliphatic carbocycles. The van der Waals surface area contributed by atoms with Gasteiger partial charge in [0.2, 0.25) is 0 Å². The minimum absolute atomic E-state index is 0.255. The Hall–Kier alpha value is -2.50. The largest absolute Gasteiger partial charge is 0.347 e. The summed E-state index contributed by atoms with van der Waals surface area (Å²) in [6.07, 6.45) is 3.88. The molecular weight excluding hydrogens is 502 g/mol. The van der Waals surface area contributed by atoms with Crippen molar-refractivity contribution in [3.63, 3.8) is 0 Å². The number of carbonyl (C=O) groups is 2. The fraction of sp³-hybridized carbons (Fsp3) is 0.120. The lowest BCUT2D eigenvalue weighted by atomic mass is 10.0. The second-order valence-corrected chi connectivity index (χ2v) is 9.44. The van der Waals surface area contributed by atoms with E-state index in [9.17, 15) is 9.59 Å². The van der Waals surface area contributed by atoms with Crippen molar-refractivity contribution in [2.24, 2.45) is 0 Å². The molecule has 1 amide bonds. The van der Waals surface area contributed by atoms with E-state index in [0.717, 1.165) is 5.56 Å². The van der Waals surface area contributed by atoms with Crippen LogP contribution in [0.3, 0.4) is 0 Å². The number of nitrogens with zero attached hydrogens (tertiary/aromatic N) is 1. The molecule has 0 saturated heterocycles. The third-order valence-electron chi connectivity index (χ3n) is 5.32. The average molecular weight is 520 g/mol. The number of anilines is 1. The smallest absolute Gasteiger partial charge is 0.266 e. The van der Waals surface area contributed by atoms with Gasteiger partial charge in [0.1, 0.15) is 0 Å².